The number of aromatic nitrogens is 3. The highest BCUT2D eigenvalue weighted by Gasteiger charge is 2.51. The van der Waals surface area contributed by atoms with Gasteiger partial charge in [-0.15, -0.1) is 0 Å². The van der Waals surface area contributed by atoms with Crippen molar-refractivity contribution >= 4 is 43.7 Å². The molecule has 4 nitrogen and oxygen atoms in total. The number of benzene rings is 9. The standard InChI is InChI=1S/C59H35N3O/c1-3-16-36(17-4-1)50-35-51(61-58(60-50)37-18-5-2-6-19-37)44-25-15-27-48-55(44)45-34-38(39-22-13-24-43-41-21-8-12-31-54(41)63-57(39)43)32-33-46(45)59(48)47-26-9-11-30-53(47)62-52-29-10-7-20-40(52)42-23-14-28-49(59)56(42)62/h1-35H. The fourth-order valence-electron chi connectivity index (χ4n) is 11.1. The fraction of sp³-hybridized carbons (Fsp3) is 0.0169. The van der Waals surface area contributed by atoms with E-state index in [0.29, 0.717) is 5.82 Å². The first-order valence-corrected chi connectivity index (χ1v) is 21.6. The van der Waals surface area contributed by atoms with Crippen molar-refractivity contribution in [2.45, 2.75) is 5.41 Å². The van der Waals surface area contributed by atoms with Gasteiger partial charge in [-0.1, -0.05) is 182 Å². The predicted molar refractivity (Wildman–Crippen MR) is 256 cm³/mol. The van der Waals surface area contributed by atoms with Gasteiger partial charge in [-0.25, -0.2) is 9.97 Å². The van der Waals surface area contributed by atoms with Crippen molar-refractivity contribution in [2.75, 3.05) is 0 Å². The first-order valence-electron chi connectivity index (χ1n) is 21.6. The van der Waals surface area contributed by atoms with Crippen LogP contribution in [0.5, 0.6) is 0 Å². The van der Waals surface area contributed by atoms with Crippen molar-refractivity contribution in [2.24, 2.45) is 0 Å². The Morgan fingerprint density at radius 2 is 1.05 bits per heavy atom. The molecule has 0 radical (unpaired) electrons. The van der Waals surface area contributed by atoms with Gasteiger partial charge in [-0.3, -0.25) is 0 Å². The molecule has 0 amide bonds. The third kappa shape index (κ3) is 4.64. The molecule has 4 heteroatoms. The van der Waals surface area contributed by atoms with Crippen LogP contribution in [0.3, 0.4) is 0 Å². The maximum absolute atomic E-state index is 6.67. The summed E-state index contributed by atoms with van der Waals surface area (Å²) in [5.41, 5.74) is 19.2. The van der Waals surface area contributed by atoms with E-state index in [1.807, 2.05) is 12.1 Å². The molecule has 12 aromatic rings. The SMILES string of the molecule is c1ccc(-c2cc(-c3cccc4c3-c3cc(-c5cccc6c5oc5ccccc56)ccc3C43c4ccccc4-n4c5ccccc5c5cccc3c54)nc(-c3ccccc3)n2)cc1. The normalized spacial score (nSPS) is 14.7. The van der Waals surface area contributed by atoms with Crippen molar-refractivity contribution in [1.29, 1.82) is 0 Å². The van der Waals surface area contributed by atoms with E-state index in [2.05, 4.69) is 205 Å². The van der Waals surface area contributed by atoms with Crippen LogP contribution in [0.15, 0.2) is 217 Å². The average molecular weight is 802 g/mol. The number of para-hydroxylation sites is 5. The second kappa shape index (κ2) is 12.8. The van der Waals surface area contributed by atoms with E-state index in [4.69, 9.17) is 14.4 Å². The summed E-state index contributed by atoms with van der Waals surface area (Å²) >= 11 is 0. The van der Waals surface area contributed by atoms with Gasteiger partial charge in [-0.2, -0.15) is 0 Å². The van der Waals surface area contributed by atoms with E-state index in [1.54, 1.807) is 0 Å². The van der Waals surface area contributed by atoms with Crippen molar-refractivity contribution in [3.05, 3.63) is 235 Å². The summed E-state index contributed by atoms with van der Waals surface area (Å²) in [5, 5.41) is 4.75. The van der Waals surface area contributed by atoms with Gasteiger partial charge < -0.3 is 8.98 Å². The van der Waals surface area contributed by atoms with Gasteiger partial charge in [0.05, 0.1) is 33.5 Å². The summed E-state index contributed by atoms with van der Waals surface area (Å²) in [7, 11) is 0. The second-order valence-electron chi connectivity index (χ2n) is 16.8. The lowest BCUT2D eigenvalue weighted by Gasteiger charge is -2.39. The summed E-state index contributed by atoms with van der Waals surface area (Å²) in [6, 6.07) is 76.6. The van der Waals surface area contributed by atoms with Gasteiger partial charge in [0.2, 0.25) is 0 Å². The van der Waals surface area contributed by atoms with E-state index in [1.165, 1.54) is 60.9 Å². The molecule has 1 unspecified atom stereocenters. The Morgan fingerprint density at radius 3 is 1.94 bits per heavy atom. The third-order valence-electron chi connectivity index (χ3n) is 13.6. The molecule has 9 aromatic carbocycles. The second-order valence-corrected chi connectivity index (χ2v) is 16.8. The molecule has 1 aliphatic carbocycles. The highest BCUT2D eigenvalue weighted by atomic mass is 16.3. The van der Waals surface area contributed by atoms with Crippen LogP contribution >= 0.6 is 0 Å². The number of hydrogen-bond acceptors (Lipinski definition) is 3. The summed E-state index contributed by atoms with van der Waals surface area (Å²) in [6.07, 6.45) is 0. The largest absolute Gasteiger partial charge is 0.455 e. The average Bonchev–Trinajstić information content (AvgIpc) is 4.01. The van der Waals surface area contributed by atoms with Crippen molar-refractivity contribution in [1.82, 2.24) is 14.5 Å². The summed E-state index contributed by atoms with van der Waals surface area (Å²) in [4.78, 5) is 10.6. The molecule has 3 aromatic heterocycles. The monoisotopic (exact) mass is 801 g/mol. The van der Waals surface area contributed by atoms with Crippen LogP contribution in [0.25, 0.3) is 106 Å². The van der Waals surface area contributed by atoms with E-state index < -0.39 is 5.41 Å². The Kier molecular flexibility index (Phi) is 7.01. The zero-order chi connectivity index (χ0) is 41.2. The first-order chi connectivity index (χ1) is 31.3. The van der Waals surface area contributed by atoms with Gasteiger partial charge in [0.15, 0.2) is 5.82 Å². The molecule has 0 bridgehead atoms. The van der Waals surface area contributed by atoms with Crippen LogP contribution in [-0.2, 0) is 5.41 Å². The lowest BCUT2D eigenvalue weighted by Crippen LogP contribution is -2.33. The number of rotatable bonds is 4. The molecule has 2 aliphatic rings. The van der Waals surface area contributed by atoms with Gasteiger partial charge in [-0.05, 0) is 69.3 Å². The van der Waals surface area contributed by atoms with E-state index in [-0.39, 0.29) is 0 Å². The maximum Gasteiger partial charge on any atom is 0.160 e. The molecule has 1 aliphatic heterocycles. The van der Waals surface area contributed by atoms with Gasteiger partial charge in [0, 0.05) is 43.8 Å². The molecule has 1 spiro atoms. The van der Waals surface area contributed by atoms with E-state index in [9.17, 15) is 0 Å². The Bertz CT molecular complexity index is 3800. The van der Waals surface area contributed by atoms with Crippen molar-refractivity contribution in [3.63, 3.8) is 0 Å². The Labute approximate surface area is 363 Å². The molecule has 1 atom stereocenters. The Hall–Kier alpha value is -8.34. The molecular weight excluding hydrogens is 767 g/mol. The Balaban J connectivity index is 1.12. The highest BCUT2D eigenvalue weighted by Crippen LogP contribution is 2.63. The van der Waals surface area contributed by atoms with Gasteiger partial charge >= 0.3 is 0 Å². The predicted octanol–water partition coefficient (Wildman–Crippen LogP) is 14.8. The van der Waals surface area contributed by atoms with Gasteiger partial charge in [0.25, 0.3) is 0 Å². The summed E-state index contributed by atoms with van der Waals surface area (Å²) in [6.45, 7) is 0. The minimum atomic E-state index is -0.636. The quantitative estimate of drug-likeness (QED) is 0.178. The summed E-state index contributed by atoms with van der Waals surface area (Å²) in [5.74, 6) is 0.695. The molecule has 4 heterocycles. The molecule has 0 N–H and O–H groups in total. The lowest BCUT2D eigenvalue weighted by atomic mass is 9.65. The Morgan fingerprint density at radius 1 is 0.397 bits per heavy atom. The molecule has 292 valence electrons. The van der Waals surface area contributed by atoms with Crippen molar-refractivity contribution < 1.29 is 4.42 Å². The number of fused-ring (bicyclic) bond motifs is 15. The smallest absolute Gasteiger partial charge is 0.160 e. The zero-order valence-corrected chi connectivity index (χ0v) is 34.0. The zero-order valence-electron chi connectivity index (χ0n) is 34.0. The molecule has 0 saturated carbocycles. The van der Waals surface area contributed by atoms with Gasteiger partial charge in [0.1, 0.15) is 11.2 Å². The lowest BCUT2D eigenvalue weighted by molar-refractivity contribution is 0.670. The number of furan rings is 1. The fourth-order valence-corrected chi connectivity index (χ4v) is 11.1. The minimum Gasteiger partial charge on any atom is -0.455 e. The maximum atomic E-state index is 6.67. The molecule has 63 heavy (non-hydrogen) atoms. The molecule has 14 rings (SSSR count). The number of hydrogen-bond donors (Lipinski definition) is 0. The summed E-state index contributed by atoms with van der Waals surface area (Å²) < 4.78 is 9.17. The van der Waals surface area contributed by atoms with E-state index >= 15 is 0 Å². The van der Waals surface area contributed by atoms with Crippen LogP contribution in [0, 0.1) is 0 Å². The highest BCUT2D eigenvalue weighted by molar-refractivity contribution is 6.14. The van der Waals surface area contributed by atoms with Crippen LogP contribution < -0.4 is 0 Å². The van der Waals surface area contributed by atoms with Crippen LogP contribution in [0.4, 0.5) is 0 Å². The van der Waals surface area contributed by atoms with E-state index in [0.717, 1.165) is 61.1 Å². The molecule has 0 saturated heterocycles. The first kappa shape index (κ1) is 34.4. The van der Waals surface area contributed by atoms with Crippen LogP contribution in [0.1, 0.15) is 22.3 Å². The minimum absolute atomic E-state index is 0.636. The topological polar surface area (TPSA) is 43.9 Å². The molecular formula is C59H35N3O. The third-order valence-corrected chi connectivity index (χ3v) is 13.6. The van der Waals surface area contributed by atoms with Crippen LogP contribution in [0.2, 0.25) is 0 Å². The van der Waals surface area contributed by atoms with Crippen molar-refractivity contribution in [3.8, 4) is 61.8 Å². The molecule has 0 fully saturated rings. The number of nitrogens with zero attached hydrogens (tertiary/aromatic N) is 3. The van der Waals surface area contributed by atoms with Crippen LogP contribution in [-0.4, -0.2) is 14.5 Å².